The first-order chi connectivity index (χ1) is 12.1. The molecular formula is C19H19BrN2O2S. The third kappa shape index (κ3) is 5.09. The Labute approximate surface area is 160 Å². The second-order valence-electron chi connectivity index (χ2n) is 5.87. The van der Waals surface area contributed by atoms with E-state index in [2.05, 4.69) is 21.2 Å². The number of amides is 2. The van der Waals surface area contributed by atoms with Crippen molar-refractivity contribution < 1.29 is 9.59 Å². The monoisotopic (exact) mass is 418 g/mol. The first-order valence-electron chi connectivity index (χ1n) is 8.19. The van der Waals surface area contributed by atoms with E-state index in [-0.39, 0.29) is 11.8 Å². The third-order valence-corrected chi connectivity index (χ3v) is 5.51. The number of nitrogens with zero attached hydrogens (tertiary/aromatic N) is 1. The number of hydrogen-bond acceptors (Lipinski definition) is 3. The van der Waals surface area contributed by atoms with E-state index in [9.17, 15) is 9.59 Å². The molecule has 1 fully saturated rings. The molecule has 0 saturated carbocycles. The maximum atomic E-state index is 12.4. The van der Waals surface area contributed by atoms with Gasteiger partial charge in [-0.05, 0) is 55.3 Å². The Morgan fingerprint density at radius 3 is 2.52 bits per heavy atom. The van der Waals surface area contributed by atoms with Crippen LogP contribution >= 0.6 is 27.7 Å². The Morgan fingerprint density at radius 1 is 1.08 bits per heavy atom. The van der Waals surface area contributed by atoms with E-state index in [0.717, 1.165) is 35.3 Å². The van der Waals surface area contributed by atoms with Crippen molar-refractivity contribution in [2.24, 2.45) is 0 Å². The van der Waals surface area contributed by atoms with E-state index in [0.29, 0.717) is 17.0 Å². The molecule has 0 radical (unpaired) electrons. The number of hydrogen-bond donors (Lipinski definition) is 1. The largest absolute Gasteiger partial charge is 0.339 e. The van der Waals surface area contributed by atoms with Crippen molar-refractivity contribution in [3.8, 4) is 0 Å². The van der Waals surface area contributed by atoms with Gasteiger partial charge in [0.2, 0.25) is 5.91 Å². The normalized spacial score (nSPS) is 13.7. The summed E-state index contributed by atoms with van der Waals surface area (Å²) < 4.78 is 1.01. The summed E-state index contributed by atoms with van der Waals surface area (Å²) in [6, 6.07) is 15.0. The van der Waals surface area contributed by atoms with Crippen LogP contribution in [0.15, 0.2) is 57.9 Å². The summed E-state index contributed by atoms with van der Waals surface area (Å²) in [7, 11) is 0. The molecule has 0 spiro atoms. The molecule has 0 bridgehead atoms. The first kappa shape index (κ1) is 18.0. The molecule has 130 valence electrons. The van der Waals surface area contributed by atoms with Crippen LogP contribution in [0.4, 0.5) is 5.69 Å². The van der Waals surface area contributed by atoms with Gasteiger partial charge in [-0.3, -0.25) is 9.59 Å². The smallest absolute Gasteiger partial charge is 0.253 e. The minimum atomic E-state index is -0.0845. The molecule has 1 saturated heterocycles. The maximum absolute atomic E-state index is 12.4. The zero-order valence-electron chi connectivity index (χ0n) is 13.7. The Kier molecular flexibility index (Phi) is 6.15. The minimum Gasteiger partial charge on any atom is -0.339 e. The van der Waals surface area contributed by atoms with Crippen LogP contribution in [-0.4, -0.2) is 35.6 Å². The van der Waals surface area contributed by atoms with Gasteiger partial charge < -0.3 is 10.2 Å². The minimum absolute atomic E-state index is 0.0397. The van der Waals surface area contributed by atoms with Crippen molar-refractivity contribution >= 4 is 45.2 Å². The van der Waals surface area contributed by atoms with Gasteiger partial charge >= 0.3 is 0 Å². The Balaban J connectivity index is 1.56. The standard InChI is InChI=1S/C19H19BrN2O2S/c20-15-6-8-17(9-7-15)25-13-18(23)21-16-5-3-4-14(12-16)19(24)22-10-1-2-11-22/h3-9,12H,1-2,10-11,13H2,(H,21,23). The second-order valence-corrected chi connectivity index (χ2v) is 7.84. The lowest BCUT2D eigenvalue weighted by molar-refractivity contribution is -0.113. The Morgan fingerprint density at radius 2 is 1.80 bits per heavy atom. The van der Waals surface area contributed by atoms with Crippen molar-refractivity contribution in [3.05, 3.63) is 58.6 Å². The average Bonchev–Trinajstić information content (AvgIpc) is 3.15. The molecule has 0 aromatic heterocycles. The third-order valence-electron chi connectivity index (χ3n) is 3.97. The van der Waals surface area contributed by atoms with Crippen LogP contribution in [0.25, 0.3) is 0 Å². The molecule has 2 aromatic rings. The molecular weight excluding hydrogens is 400 g/mol. The quantitative estimate of drug-likeness (QED) is 0.731. The van der Waals surface area contributed by atoms with E-state index in [4.69, 9.17) is 0 Å². The van der Waals surface area contributed by atoms with Gasteiger partial charge in [-0.1, -0.05) is 22.0 Å². The molecule has 2 aromatic carbocycles. The Hall–Kier alpha value is -1.79. The molecule has 0 atom stereocenters. The van der Waals surface area contributed by atoms with E-state index in [1.54, 1.807) is 18.2 Å². The number of carbonyl (C=O) groups excluding carboxylic acids is 2. The van der Waals surface area contributed by atoms with E-state index in [1.807, 2.05) is 35.2 Å². The topological polar surface area (TPSA) is 49.4 Å². The zero-order chi connectivity index (χ0) is 17.6. The molecule has 25 heavy (non-hydrogen) atoms. The SMILES string of the molecule is O=C(CSc1ccc(Br)cc1)Nc1cccc(C(=O)N2CCCC2)c1. The summed E-state index contributed by atoms with van der Waals surface area (Å²) in [5, 5.41) is 2.87. The molecule has 1 N–H and O–H groups in total. The summed E-state index contributed by atoms with van der Waals surface area (Å²) >= 11 is 4.87. The van der Waals surface area contributed by atoms with Crippen molar-refractivity contribution in [3.63, 3.8) is 0 Å². The predicted octanol–water partition coefficient (Wildman–Crippen LogP) is 4.42. The van der Waals surface area contributed by atoms with Gasteiger partial charge in [0, 0.05) is 33.7 Å². The van der Waals surface area contributed by atoms with Gasteiger partial charge in [-0.15, -0.1) is 11.8 Å². The van der Waals surface area contributed by atoms with Crippen molar-refractivity contribution in [1.29, 1.82) is 0 Å². The highest BCUT2D eigenvalue weighted by Crippen LogP contribution is 2.21. The predicted molar refractivity (Wildman–Crippen MR) is 105 cm³/mol. The number of rotatable bonds is 5. The van der Waals surface area contributed by atoms with Gasteiger partial charge in [-0.25, -0.2) is 0 Å². The molecule has 0 unspecified atom stereocenters. The highest BCUT2D eigenvalue weighted by molar-refractivity contribution is 9.10. The number of thioether (sulfide) groups is 1. The van der Waals surface area contributed by atoms with Crippen LogP contribution in [0.1, 0.15) is 23.2 Å². The number of nitrogens with one attached hydrogen (secondary N) is 1. The molecule has 1 heterocycles. The number of likely N-dealkylation sites (tertiary alicyclic amines) is 1. The first-order valence-corrected chi connectivity index (χ1v) is 9.97. The molecule has 2 amide bonds. The fourth-order valence-electron chi connectivity index (χ4n) is 2.71. The lowest BCUT2D eigenvalue weighted by Gasteiger charge is -2.15. The number of anilines is 1. The maximum Gasteiger partial charge on any atom is 0.253 e. The molecule has 1 aliphatic heterocycles. The van der Waals surface area contributed by atoms with Crippen LogP contribution in [0.2, 0.25) is 0 Å². The Bertz CT molecular complexity index is 758. The average molecular weight is 419 g/mol. The van der Waals surface area contributed by atoms with Gasteiger partial charge in [-0.2, -0.15) is 0 Å². The number of benzene rings is 2. The molecule has 6 heteroatoms. The van der Waals surface area contributed by atoms with Crippen molar-refractivity contribution in [1.82, 2.24) is 4.90 Å². The highest BCUT2D eigenvalue weighted by atomic mass is 79.9. The molecule has 0 aliphatic carbocycles. The second kappa shape index (κ2) is 8.54. The fraction of sp³-hybridized carbons (Fsp3) is 0.263. The lowest BCUT2D eigenvalue weighted by Crippen LogP contribution is -2.27. The highest BCUT2D eigenvalue weighted by Gasteiger charge is 2.19. The lowest BCUT2D eigenvalue weighted by atomic mass is 10.1. The zero-order valence-corrected chi connectivity index (χ0v) is 16.1. The van der Waals surface area contributed by atoms with Crippen LogP contribution in [0.5, 0.6) is 0 Å². The van der Waals surface area contributed by atoms with E-state index in [1.165, 1.54) is 11.8 Å². The fourth-order valence-corrected chi connectivity index (χ4v) is 3.67. The molecule has 4 nitrogen and oxygen atoms in total. The summed E-state index contributed by atoms with van der Waals surface area (Å²) in [4.78, 5) is 27.5. The van der Waals surface area contributed by atoms with Gasteiger partial charge in [0.25, 0.3) is 5.91 Å². The van der Waals surface area contributed by atoms with E-state index < -0.39 is 0 Å². The van der Waals surface area contributed by atoms with Crippen LogP contribution in [0.3, 0.4) is 0 Å². The van der Waals surface area contributed by atoms with Crippen LogP contribution < -0.4 is 5.32 Å². The summed E-state index contributed by atoms with van der Waals surface area (Å²) in [6.07, 6.45) is 2.13. The van der Waals surface area contributed by atoms with Gasteiger partial charge in [0.05, 0.1) is 5.75 Å². The van der Waals surface area contributed by atoms with Crippen LogP contribution in [0, 0.1) is 0 Å². The number of halogens is 1. The molecule has 1 aliphatic rings. The van der Waals surface area contributed by atoms with Crippen LogP contribution in [-0.2, 0) is 4.79 Å². The summed E-state index contributed by atoms with van der Waals surface area (Å²) in [5.74, 6) is 0.280. The van der Waals surface area contributed by atoms with E-state index >= 15 is 0 Å². The molecule has 3 rings (SSSR count). The van der Waals surface area contributed by atoms with Crippen molar-refractivity contribution in [2.75, 3.05) is 24.2 Å². The van der Waals surface area contributed by atoms with Gasteiger partial charge in [0.15, 0.2) is 0 Å². The summed E-state index contributed by atoms with van der Waals surface area (Å²) in [5.41, 5.74) is 1.28. The number of carbonyl (C=O) groups is 2. The van der Waals surface area contributed by atoms with Gasteiger partial charge in [0.1, 0.15) is 0 Å². The summed E-state index contributed by atoms with van der Waals surface area (Å²) in [6.45, 7) is 1.64. The van der Waals surface area contributed by atoms with Crippen molar-refractivity contribution in [2.45, 2.75) is 17.7 Å².